The van der Waals surface area contributed by atoms with Crippen molar-refractivity contribution in [3.63, 3.8) is 0 Å². The number of carbonyl (C=O) groups is 1. The maximum Gasteiger partial charge on any atom is 0.257 e. The van der Waals surface area contributed by atoms with Gasteiger partial charge in [0.25, 0.3) is 5.91 Å². The van der Waals surface area contributed by atoms with Crippen molar-refractivity contribution >= 4 is 5.91 Å². The van der Waals surface area contributed by atoms with Crippen LogP contribution in [-0.2, 0) is 6.54 Å². The van der Waals surface area contributed by atoms with Crippen molar-refractivity contribution in [1.82, 2.24) is 24.6 Å². The standard InChI is InChI=1S/C23H21N5O3/c1-15-5-3-4-6-19(15)28-20(7-8-26-28)17-11-18(22(30)12-21(17)29)23(31)27(2)14-16-13-24-9-10-25-16/h3-13,29-30H,14H2,1-2H3. The van der Waals surface area contributed by atoms with Gasteiger partial charge in [0.1, 0.15) is 11.5 Å². The van der Waals surface area contributed by atoms with E-state index < -0.39 is 5.91 Å². The number of phenols is 2. The van der Waals surface area contributed by atoms with Crippen molar-refractivity contribution in [3.05, 3.63) is 84.1 Å². The molecule has 0 atom stereocenters. The minimum Gasteiger partial charge on any atom is -0.507 e. The SMILES string of the molecule is Cc1ccccc1-n1nccc1-c1cc(C(=O)N(C)Cc2cnccn2)c(O)cc1O. The van der Waals surface area contributed by atoms with E-state index in [1.807, 2.05) is 31.2 Å². The Morgan fingerprint density at radius 1 is 1.06 bits per heavy atom. The third-order valence-corrected chi connectivity index (χ3v) is 4.97. The number of para-hydroxylation sites is 1. The largest absolute Gasteiger partial charge is 0.507 e. The quantitative estimate of drug-likeness (QED) is 0.518. The van der Waals surface area contributed by atoms with Crippen LogP contribution >= 0.6 is 0 Å². The fourth-order valence-corrected chi connectivity index (χ4v) is 3.39. The van der Waals surface area contributed by atoms with Gasteiger partial charge in [0, 0.05) is 31.1 Å². The number of hydrogen-bond acceptors (Lipinski definition) is 6. The maximum atomic E-state index is 13.0. The van der Waals surface area contributed by atoms with E-state index in [0.717, 1.165) is 11.3 Å². The molecular formula is C23H21N5O3. The third-order valence-electron chi connectivity index (χ3n) is 4.97. The first-order valence-corrected chi connectivity index (χ1v) is 9.62. The van der Waals surface area contributed by atoms with Crippen molar-refractivity contribution in [2.45, 2.75) is 13.5 Å². The first-order chi connectivity index (χ1) is 15.0. The minimum atomic E-state index is -0.411. The second kappa shape index (κ2) is 8.27. The number of aromatic nitrogens is 4. The lowest BCUT2D eigenvalue weighted by atomic mass is 10.0. The fourth-order valence-electron chi connectivity index (χ4n) is 3.39. The first-order valence-electron chi connectivity index (χ1n) is 9.62. The molecule has 1 amide bonds. The highest BCUT2D eigenvalue weighted by Crippen LogP contribution is 2.36. The van der Waals surface area contributed by atoms with Crippen molar-refractivity contribution in [2.24, 2.45) is 0 Å². The molecule has 0 fully saturated rings. The Morgan fingerprint density at radius 3 is 2.61 bits per heavy atom. The molecule has 31 heavy (non-hydrogen) atoms. The topological polar surface area (TPSA) is 104 Å². The van der Waals surface area contributed by atoms with Crippen LogP contribution in [0.15, 0.2) is 67.3 Å². The molecule has 156 valence electrons. The summed E-state index contributed by atoms with van der Waals surface area (Å²) in [5, 5.41) is 25.3. The van der Waals surface area contributed by atoms with Gasteiger partial charge in [0.05, 0.1) is 41.6 Å². The van der Waals surface area contributed by atoms with E-state index in [0.29, 0.717) is 17.0 Å². The van der Waals surface area contributed by atoms with Gasteiger partial charge in [-0.05, 0) is 30.7 Å². The molecule has 0 bridgehead atoms. The van der Waals surface area contributed by atoms with Crippen molar-refractivity contribution < 1.29 is 15.0 Å². The number of rotatable bonds is 5. The summed E-state index contributed by atoms with van der Waals surface area (Å²) in [5.41, 5.74) is 3.52. The molecule has 2 heterocycles. The summed E-state index contributed by atoms with van der Waals surface area (Å²) in [7, 11) is 1.61. The van der Waals surface area contributed by atoms with E-state index in [1.54, 1.807) is 42.6 Å². The predicted molar refractivity (Wildman–Crippen MR) is 115 cm³/mol. The van der Waals surface area contributed by atoms with E-state index in [4.69, 9.17) is 0 Å². The van der Waals surface area contributed by atoms with E-state index in [9.17, 15) is 15.0 Å². The number of amides is 1. The van der Waals surface area contributed by atoms with Gasteiger partial charge in [-0.3, -0.25) is 14.8 Å². The van der Waals surface area contributed by atoms with Gasteiger partial charge in [-0.25, -0.2) is 4.68 Å². The number of hydrogen-bond donors (Lipinski definition) is 2. The zero-order chi connectivity index (χ0) is 22.0. The fraction of sp³-hybridized carbons (Fsp3) is 0.130. The summed E-state index contributed by atoms with van der Waals surface area (Å²) in [6, 6.07) is 12.1. The van der Waals surface area contributed by atoms with Gasteiger partial charge < -0.3 is 15.1 Å². The average molecular weight is 415 g/mol. The van der Waals surface area contributed by atoms with Crippen molar-refractivity contribution in [3.8, 4) is 28.4 Å². The highest BCUT2D eigenvalue weighted by Gasteiger charge is 2.22. The normalized spacial score (nSPS) is 10.8. The highest BCUT2D eigenvalue weighted by atomic mass is 16.3. The molecule has 4 rings (SSSR count). The lowest BCUT2D eigenvalue weighted by Gasteiger charge is -2.18. The Morgan fingerprint density at radius 2 is 1.87 bits per heavy atom. The Labute approximate surface area is 179 Å². The second-order valence-corrected chi connectivity index (χ2v) is 7.16. The van der Waals surface area contributed by atoms with Gasteiger partial charge in [-0.2, -0.15) is 5.10 Å². The molecule has 0 radical (unpaired) electrons. The number of nitrogens with zero attached hydrogens (tertiary/aromatic N) is 5. The number of aromatic hydroxyl groups is 2. The summed E-state index contributed by atoms with van der Waals surface area (Å²) in [6.45, 7) is 2.19. The Bertz CT molecular complexity index is 1240. The lowest BCUT2D eigenvalue weighted by molar-refractivity contribution is 0.0780. The van der Waals surface area contributed by atoms with Crippen LogP contribution in [0, 0.1) is 6.92 Å². The molecular weight excluding hydrogens is 394 g/mol. The smallest absolute Gasteiger partial charge is 0.257 e. The molecule has 2 aromatic heterocycles. The minimum absolute atomic E-state index is 0.0664. The summed E-state index contributed by atoms with van der Waals surface area (Å²) in [4.78, 5) is 22.6. The Kier molecular flexibility index (Phi) is 5.36. The van der Waals surface area contributed by atoms with Crippen LogP contribution in [0.5, 0.6) is 11.5 Å². The van der Waals surface area contributed by atoms with E-state index in [-0.39, 0.29) is 23.6 Å². The maximum absolute atomic E-state index is 13.0. The average Bonchev–Trinajstić information content (AvgIpc) is 3.23. The van der Waals surface area contributed by atoms with E-state index >= 15 is 0 Å². The van der Waals surface area contributed by atoms with Crippen LogP contribution in [0.4, 0.5) is 0 Å². The van der Waals surface area contributed by atoms with Crippen LogP contribution in [-0.4, -0.2) is 47.8 Å². The van der Waals surface area contributed by atoms with Crippen LogP contribution < -0.4 is 0 Å². The number of phenolic OH excluding ortho intramolecular Hbond substituents is 2. The number of carbonyl (C=O) groups excluding carboxylic acids is 1. The summed E-state index contributed by atoms with van der Waals surface area (Å²) in [5.74, 6) is -0.869. The van der Waals surface area contributed by atoms with Gasteiger partial charge in [-0.15, -0.1) is 0 Å². The van der Waals surface area contributed by atoms with Crippen LogP contribution in [0.1, 0.15) is 21.6 Å². The molecule has 0 unspecified atom stereocenters. The molecule has 0 saturated carbocycles. The number of benzene rings is 2. The molecule has 0 aliphatic carbocycles. The molecule has 4 aromatic rings. The second-order valence-electron chi connectivity index (χ2n) is 7.16. The number of aryl methyl sites for hydroxylation is 1. The van der Waals surface area contributed by atoms with Crippen LogP contribution in [0.3, 0.4) is 0 Å². The third kappa shape index (κ3) is 3.95. The summed E-state index contributed by atoms with van der Waals surface area (Å²) < 4.78 is 1.69. The van der Waals surface area contributed by atoms with E-state index in [2.05, 4.69) is 15.1 Å². The molecule has 2 aromatic carbocycles. The van der Waals surface area contributed by atoms with Crippen LogP contribution in [0.2, 0.25) is 0 Å². The van der Waals surface area contributed by atoms with Gasteiger partial charge in [0.15, 0.2) is 0 Å². The summed E-state index contributed by atoms with van der Waals surface area (Å²) >= 11 is 0. The molecule has 8 heteroatoms. The molecule has 0 aliphatic rings. The zero-order valence-electron chi connectivity index (χ0n) is 17.1. The van der Waals surface area contributed by atoms with Crippen LogP contribution in [0.25, 0.3) is 16.9 Å². The van der Waals surface area contributed by atoms with Crippen molar-refractivity contribution in [2.75, 3.05) is 7.05 Å². The van der Waals surface area contributed by atoms with Gasteiger partial charge >= 0.3 is 0 Å². The first kappa shape index (κ1) is 20.1. The lowest BCUT2D eigenvalue weighted by Crippen LogP contribution is -2.26. The molecule has 2 N–H and O–H groups in total. The zero-order valence-corrected chi connectivity index (χ0v) is 17.1. The van der Waals surface area contributed by atoms with Crippen molar-refractivity contribution in [1.29, 1.82) is 0 Å². The van der Waals surface area contributed by atoms with Gasteiger partial charge in [-0.1, -0.05) is 18.2 Å². The van der Waals surface area contributed by atoms with E-state index in [1.165, 1.54) is 17.0 Å². The molecule has 0 spiro atoms. The monoisotopic (exact) mass is 415 g/mol. The molecule has 0 saturated heterocycles. The summed E-state index contributed by atoms with van der Waals surface area (Å²) in [6.07, 6.45) is 6.31. The molecule has 0 aliphatic heterocycles. The Hall–Kier alpha value is -4.20. The Balaban J connectivity index is 1.72. The van der Waals surface area contributed by atoms with Gasteiger partial charge in [0.2, 0.25) is 0 Å². The predicted octanol–water partition coefficient (Wildman–Crippen LogP) is 3.32. The highest BCUT2D eigenvalue weighted by molar-refractivity contribution is 5.98. The molecule has 8 nitrogen and oxygen atoms in total.